The quantitative estimate of drug-likeness (QED) is 0.814. The number of hydrogen-bond donors (Lipinski definition) is 2. The Kier molecular flexibility index (Phi) is 4.63. The van der Waals surface area contributed by atoms with Gasteiger partial charge in [0, 0.05) is 12.7 Å². The van der Waals surface area contributed by atoms with Crippen LogP contribution >= 0.6 is 0 Å². The van der Waals surface area contributed by atoms with Crippen LogP contribution in [-0.2, 0) is 0 Å². The molecule has 0 bridgehead atoms. The van der Waals surface area contributed by atoms with Crippen LogP contribution in [-0.4, -0.2) is 23.0 Å². The van der Waals surface area contributed by atoms with E-state index in [1.54, 1.807) is 24.4 Å². The highest BCUT2D eigenvalue weighted by Gasteiger charge is 2.26. The number of nitrogens with zero attached hydrogens (tertiary/aromatic N) is 1. The average molecular weight is 235 g/mol. The van der Waals surface area contributed by atoms with Gasteiger partial charge in [-0.3, -0.25) is 9.78 Å². The fourth-order valence-electron chi connectivity index (χ4n) is 1.92. The molecule has 0 radical (unpaired) electrons. The van der Waals surface area contributed by atoms with Gasteiger partial charge in [-0.2, -0.15) is 0 Å². The van der Waals surface area contributed by atoms with E-state index in [0.717, 1.165) is 6.42 Å². The smallest absolute Gasteiger partial charge is 0.270 e. The summed E-state index contributed by atoms with van der Waals surface area (Å²) >= 11 is 0. The molecule has 0 aliphatic heterocycles. The number of rotatable bonds is 5. The van der Waals surface area contributed by atoms with Crippen LogP contribution in [0.25, 0.3) is 0 Å². The van der Waals surface area contributed by atoms with Gasteiger partial charge >= 0.3 is 0 Å². The Hall–Kier alpha value is -1.42. The first-order valence-corrected chi connectivity index (χ1v) is 5.90. The molecule has 4 heteroatoms. The normalized spacial score (nSPS) is 14.4. The van der Waals surface area contributed by atoms with Crippen molar-refractivity contribution < 1.29 is 4.79 Å². The monoisotopic (exact) mass is 235 g/mol. The van der Waals surface area contributed by atoms with Gasteiger partial charge in [-0.05, 0) is 31.4 Å². The molecule has 1 heterocycles. The molecule has 1 rings (SSSR count). The molecular formula is C13H21N3O. The molecule has 0 aromatic carbocycles. The van der Waals surface area contributed by atoms with Crippen molar-refractivity contribution in [1.82, 2.24) is 10.3 Å². The van der Waals surface area contributed by atoms with Gasteiger partial charge in [0.15, 0.2) is 0 Å². The summed E-state index contributed by atoms with van der Waals surface area (Å²) in [5.41, 5.74) is 5.80. The number of pyridine rings is 1. The molecule has 1 aromatic rings. The van der Waals surface area contributed by atoms with E-state index in [1.165, 1.54) is 0 Å². The van der Waals surface area contributed by atoms with Gasteiger partial charge in [0.1, 0.15) is 5.69 Å². The molecular weight excluding hydrogens is 214 g/mol. The van der Waals surface area contributed by atoms with Crippen molar-refractivity contribution in [3.8, 4) is 0 Å². The van der Waals surface area contributed by atoms with Crippen molar-refractivity contribution in [2.45, 2.75) is 32.7 Å². The molecule has 94 valence electrons. The predicted molar refractivity (Wildman–Crippen MR) is 68.6 cm³/mol. The summed E-state index contributed by atoms with van der Waals surface area (Å²) in [6.07, 6.45) is 2.46. The lowest BCUT2D eigenvalue weighted by atomic mass is 9.90. The van der Waals surface area contributed by atoms with Crippen LogP contribution in [0.4, 0.5) is 0 Å². The third kappa shape index (κ3) is 4.15. The Balaban J connectivity index is 2.72. The van der Waals surface area contributed by atoms with E-state index in [-0.39, 0.29) is 11.4 Å². The summed E-state index contributed by atoms with van der Waals surface area (Å²) < 4.78 is 0. The van der Waals surface area contributed by atoms with Crippen LogP contribution in [0.3, 0.4) is 0 Å². The number of nitrogens with two attached hydrogens (primary N) is 1. The first-order valence-electron chi connectivity index (χ1n) is 5.90. The largest absolute Gasteiger partial charge is 0.344 e. The summed E-state index contributed by atoms with van der Waals surface area (Å²) in [7, 11) is 0. The highest BCUT2D eigenvalue weighted by molar-refractivity contribution is 5.92. The first-order chi connectivity index (χ1) is 7.97. The standard InChI is InChI=1S/C13H21N3O/c1-10(2)8-13(3,9-14)16-12(17)11-6-4-5-7-15-11/h4-7,10H,8-9,14H2,1-3H3,(H,16,17). The Labute approximate surface area is 103 Å². The van der Waals surface area contributed by atoms with Crippen LogP contribution in [0.5, 0.6) is 0 Å². The summed E-state index contributed by atoms with van der Waals surface area (Å²) in [6.45, 7) is 6.61. The number of amides is 1. The second kappa shape index (κ2) is 5.77. The Bertz CT molecular complexity index is 364. The molecule has 3 N–H and O–H groups in total. The van der Waals surface area contributed by atoms with Gasteiger partial charge in [0.2, 0.25) is 0 Å². The van der Waals surface area contributed by atoms with Crippen LogP contribution in [0, 0.1) is 5.92 Å². The average Bonchev–Trinajstić information content (AvgIpc) is 2.29. The molecule has 0 fully saturated rings. The molecule has 17 heavy (non-hydrogen) atoms. The molecule has 1 atom stereocenters. The molecule has 0 aliphatic rings. The van der Waals surface area contributed by atoms with Crippen molar-refractivity contribution in [3.05, 3.63) is 30.1 Å². The Morgan fingerprint density at radius 3 is 2.71 bits per heavy atom. The Morgan fingerprint density at radius 2 is 2.24 bits per heavy atom. The van der Waals surface area contributed by atoms with E-state index in [4.69, 9.17) is 5.73 Å². The van der Waals surface area contributed by atoms with Crippen molar-refractivity contribution in [1.29, 1.82) is 0 Å². The van der Waals surface area contributed by atoms with Gasteiger partial charge in [-0.15, -0.1) is 0 Å². The molecule has 0 aliphatic carbocycles. The molecule has 0 saturated carbocycles. The van der Waals surface area contributed by atoms with E-state index in [1.807, 2.05) is 6.92 Å². The lowest BCUT2D eigenvalue weighted by Crippen LogP contribution is -2.52. The lowest BCUT2D eigenvalue weighted by Gasteiger charge is -2.31. The van der Waals surface area contributed by atoms with E-state index in [0.29, 0.717) is 18.2 Å². The molecule has 0 saturated heterocycles. The second-order valence-electron chi connectivity index (χ2n) is 5.03. The number of nitrogens with one attached hydrogen (secondary N) is 1. The molecule has 0 spiro atoms. The van der Waals surface area contributed by atoms with Crippen molar-refractivity contribution in [2.24, 2.45) is 11.7 Å². The minimum absolute atomic E-state index is 0.167. The van der Waals surface area contributed by atoms with E-state index < -0.39 is 0 Å². The highest BCUT2D eigenvalue weighted by atomic mass is 16.2. The summed E-state index contributed by atoms with van der Waals surface area (Å²) in [4.78, 5) is 16.0. The number of hydrogen-bond acceptors (Lipinski definition) is 3. The number of aromatic nitrogens is 1. The summed E-state index contributed by atoms with van der Waals surface area (Å²) in [6, 6.07) is 5.28. The third-order valence-electron chi connectivity index (χ3n) is 2.62. The maximum absolute atomic E-state index is 12.0. The predicted octanol–water partition coefficient (Wildman–Crippen LogP) is 1.57. The minimum atomic E-state index is -0.372. The van der Waals surface area contributed by atoms with E-state index in [2.05, 4.69) is 24.1 Å². The summed E-state index contributed by atoms with van der Waals surface area (Å²) in [5, 5.41) is 2.96. The van der Waals surface area contributed by atoms with Crippen LogP contribution in [0.1, 0.15) is 37.7 Å². The first kappa shape index (κ1) is 13.6. The Morgan fingerprint density at radius 1 is 1.53 bits per heavy atom. The van der Waals surface area contributed by atoms with Crippen LogP contribution in [0.15, 0.2) is 24.4 Å². The zero-order valence-corrected chi connectivity index (χ0v) is 10.7. The number of carbonyl (C=O) groups is 1. The minimum Gasteiger partial charge on any atom is -0.344 e. The molecule has 4 nitrogen and oxygen atoms in total. The zero-order chi connectivity index (χ0) is 12.9. The van der Waals surface area contributed by atoms with Crippen molar-refractivity contribution in [3.63, 3.8) is 0 Å². The van der Waals surface area contributed by atoms with Gasteiger partial charge in [0.05, 0.1) is 5.54 Å². The second-order valence-corrected chi connectivity index (χ2v) is 5.03. The van der Waals surface area contributed by atoms with Crippen molar-refractivity contribution in [2.75, 3.05) is 6.54 Å². The molecule has 1 unspecified atom stereocenters. The maximum Gasteiger partial charge on any atom is 0.270 e. The highest BCUT2D eigenvalue weighted by Crippen LogP contribution is 2.15. The van der Waals surface area contributed by atoms with Gasteiger partial charge in [-0.1, -0.05) is 19.9 Å². The van der Waals surface area contributed by atoms with Crippen molar-refractivity contribution >= 4 is 5.91 Å². The van der Waals surface area contributed by atoms with Gasteiger partial charge < -0.3 is 11.1 Å². The van der Waals surface area contributed by atoms with E-state index >= 15 is 0 Å². The van der Waals surface area contributed by atoms with Crippen LogP contribution in [0.2, 0.25) is 0 Å². The lowest BCUT2D eigenvalue weighted by molar-refractivity contribution is 0.0893. The number of carbonyl (C=O) groups excluding carboxylic acids is 1. The van der Waals surface area contributed by atoms with Crippen LogP contribution < -0.4 is 11.1 Å². The molecule has 1 amide bonds. The SMILES string of the molecule is CC(C)CC(C)(CN)NC(=O)c1ccccn1. The van der Waals surface area contributed by atoms with E-state index in [9.17, 15) is 4.79 Å². The topological polar surface area (TPSA) is 68.0 Å². The maximum atomic E-state index is 12.0. The van der Waals surface area contributed by atoms with Gasteiger partial charge in [0.25, 0.3) is 5.91 Å². The summed E-state index contributed by atoms with van der Waals surface area (Å²) in [5.74, 6) is 0.312. The van der Waals surface area contributed by atoms with Gasteiger partial charge in [-0.25, -0.2) is 0 Å². The third-order valence-corrected chi connectivity index (χ3v) is 2.62. The zero-order valence-electron chi connectivity index (χ0n) is 10.7. The fraction of sp³-hybridized carbons (Fsp3) is 0.538. The molecule has 1 aromatic heterocycles. The fourth-order valence-corrected chi connectivity index (χ4v) is 1.92.